The van der Waals surface area contributed by atoms with Crippen LogP contribution >= 0.6 is 22.7 Å². The number of hydrogen-bond acceptors (Lipinski definition) is 7. The standard InChI is InChI=1S/C19H12N2O4S2/c22-16-8-12(20-19-21(16)5-6-26-19)10-25-18(23)15-7-11-9-24-14-4-2-1-3-13(14)17(11)27-15/h1-8H,9-10H2. The molecule has 0 bridgehead atoms. The molecule has 4 aromatic rings. The molecule has 1 aliphatic rings. The van der Waals surface area contributed by atoms with Crippen LogP contribution in [0.3, 0.4) is 0 Å². The highest BCUT2D eigenvalue weighted by atomic mass is 32.1. The average molecular weight is 396 g/mol. The molecule has 0 radical (unpaired) electrons. The Hall–Kier alpha value is -2.97. The van der Waals surface area contributed by atoms with E-state index in [0.717, 1.165) is 21.8 Å². The molecule has 0 unspecified atom stereocenters. The Kier molecular flexibility index (Phi) is 3.80. The van der Waals surface area contributed by atoms with Crippen molar-refractivity contribution in [3.05, 3.63) is 74.5 Å². The van der Waals surface area contributed by atoms with Crippen LogP contribution in [0.2, 0.25) is 0 Å². The van der Waals surface area contributed by atoms with E-state index >= 15 is 0 Å². The normalized spacial score (nSPS) is 12.3. The van der Waals surface area contributed by atoms with Crippen LogP contribution in [-0.2, 0) is 18.0 Å². The number of nitrogens with zero attached hydrogens (tertiary/aromatic N) is 2. The van der Waals surface area contributed by atoms with E-state index in [1.807, 2.05) is 30.3 Å². The number of thiophene rings is 1. The number of para-hydroxylation sites is 1. The molecule has 1 aliphatic heterocycles. The molecule has 0 spiro atoms. The molecule has 0 amide bonds. The number of benzene rings is 1. The number of hydrogen-bond donors (Lipinski definition) is 0. The van der Waals surface area contributed by atoms with Gasteiger partial charge in [0, 0.05) is 33.6 Å². The zero-order chi connectivity index (χ0) is 18.4. The van der Waals surface area contributed by atoms with Gasteiger partial charge in [-0.15, -0.1) is 22.7 Å². The Morgan fingerprint density at radius 1 is 1.30 bits per heavy atom. The second kappa shape index (κ2) is 6.33. The highest BCUT2D eigenvalue weighted by Gasteiger charge is 2.23. The Bertz CT molecular complexity index is 1240. The van der Waals surface area contributed by atoms with E-state index in [-0.39, 0.29) is 12.2 Å². The van der Waals surface area contributed by atoms with Gasteiger partial charge in [0.25, 0.3) is 5.56 Å². The predicted octanol–water partition coefficient (Wildman–Crippen LogP) is 3.73. The van der Waals surface area contributed by atoms with Gasteiger partial charge in [-0.05, 0) is 18.2 Å². The number of esters is 1. The lowest BCUT2D eigenvalue weighted by atomic mass is 10.1. The lowest BCUT2D eigenvalue weighted by Gasteiger charge is -2.16. The molecule has 0 fully saturated rings. The third-order valence-corrected chi connectivity index (χ3v) is 6.18. The number of ether oxygens (including phenoxy) is 2. The van der Waals surface area contributed by atoms with Gasteiger partial charge in [0.2, 0.25) is 0 Å². The maximum atomic E-state index is 12.5. The summed E-state index contributed by atoms with van der Waals surface area (Å²) in [5.41, 5.74) is 2.21. The highest BCUT2D eigenvalue weighted by Crippen LogP contribution is 2.42. The molecule has 6 nitrogen and oxygen atoms in total. The van der Waals surface area contributed by atoms with Crippen molar-refractivity contribution in [3.63, 3.8) is 0 Å². The third-order valence-electron chi connectivity index (χ3n) is 4.23. The predicted molar refractivity (Wildman–Crippen MR) is 103 cm³/mol. The third kappa shape index (κ3) is 2.83. The first kappa shape index (κ1) is 16.2. The lowest BCUT2D eigenvalue weighted by Crippen LogP contribution is -2.14. The SMILES string of the molecule is O=C(OCc1cc(=O)n2ccsc2n1)c1cc2c(s1)-c1ccccc1OC2. The second-order valence-electron chi connectivity index (χ2n) is 5.97. The largest absolute Gasteiger partial charge is 0.488 e. The molecule has 134 valence electrons. The minimum Gasteiger partial charge on any atom is -0.488 e. The number of aromatic nitrogens is 2. The average Bonchev–Trinajstić information content (AvgIpc) is 3.33. The second-order valence-corrected chi connectivity index (χ2v) is 7.89. The summed E-state index contributed by atoms with van der Waals surface area (Å²) in [5, 5.41) is 1.79. The minimum absolute atomic E-state index is 0.0435. The summed E-state index contributed by atoms with van der Waals surface area (Å²) >= 11 is 2.75. The fourth-order valence-corrected chi connectivity index (χ4v) is 4.80. The smallest absolute Gasteiger partial charge is 0.348 e. The molecule has 0 N–H and O–H groups in total. The van der Waals surface area contributed by atoms with Crippen LogP contribution in [0.1, 0.15) is 20.9 Å². The fraction of sp³-hybridized carbons (Fsp3) is 0.105. The van der Waals surface area contributed by atoms with Gasteiger partial charge in [0.15, 0.2) is 4.96 Å². The monoisotopic (exact) mass is 396 g/mol. The summed E-state index contributed by atoms with van der Waals surface area (Å²) < 4.78 is 12.6. The number of fused-ring (bicyclic) bond motifs is 4. The van der Waals surface area contributed by atoms with E-state index in [9.17, 15) is 9.59 Å². The Morgan fingerprint density at radius 3 is 3.11 bits per heavy atom. The topological polar surface area (TPSA) is 69.9 Å². The summed E-state index contributed by atoms with van der Waals surface area (Å²) in [4.78, 5) is 30.9. The number of thiazole rings is 1. The zero-order valence-corrected chi connectivity index (χ0v) is 15.5. The van der Waals surface area contributed by atoms with E-state index in [0.29, 0.717) is 22.1 Å². The van der Waals surface area contributed by atoms with Crippen molar-refractivity contribution in [2.75, 3.05) is 0 Å². The van der Waals surface area contributed by atoms with Crippen molar-refractivity contribution in [3.8, 4) is 16.2 Å². The van der Waals surface area contributed by atoms with Gasteiger partial charge in [-0.25, -0.2) is 9.78 Å². The van der Waals surface area contributed by atoms with Crippen LogP contribution in [0.5, 0.6) is 5.75 Å². The van der Waals surface area contributed by atoms with E-state index in [1.165, 1.54) is 33.1 Å². The molecule has 8 heteroatoms. The van der Waals surface area contributed by atoms with Crippen molar-refractivity contribution in [2.45, 2.75) is 13.2 Å². The first-order valence-electron chi connectivity index (χ1n) is 8.17. The first-order valence-corrected chi connectivity index (χ1v) is 9.86. The molecule has 0 atom stereocenters. The van der Waals surface area contributed by atoms with Gasteiger partial charge in [-0.1, -0.05) is 12.1 Å². The lowest BCUT2D eigenvalue weighted by molar-refractivity contribution is 0.0473. The summed E-state index contributed by atoms with van der Waals surface area (Å²) in [6.45, 7) is 0.390. The molecule has 5 rings (SSSR count). The van der Waals surface area contributed by atoms with Crippen LogP contribution in [0.15, 0.2) is 52.8 Å². The minimum atomic E-state index is -0.431. The van der Waals surface area contributed by atoms with Crippen LogP contribution in [0, 0.1) is 0 Å². The fourth-order valence-electron chi connectivity index (χ4n) is 2.97. The molecule has 0 saturated heterocycles. The molecule has 27 heavy (non-hydrogen) atoms. The molecule has 3 aromatic heterocycles. The maximum Gasteiger partial charge on any atom is 0.348 e. The van der Waals surface area contributed by atoms with E-state index < -0.39 is 5.97 Å². The molecular formula is C19H12N2O4S2. The maximum absolute atomic E-state index is 12.5. The van der Waals surface area contributed by atoms with E-state index in [2.05, 4.69) is 4.98 Å². The molecule has 0 aliphatic carbocycles. The first-order chi connectivity index (χ1) is 13.2. The van der Waals surface area contributed by atoms with Gasteiger partial charge in [0.1, 0.15) is 23.8 Å². The molecule has 4 heterocycles. The van der Waals surface area contributed by atoms with Gasteiger partial charge >= 0.3 is 5.97 Å². The van der Waals surface area contributed by atoms with Gasteiger partial charge < -0.3 is 9.47 Å². The summed E-state index contributed by atoms with van der Waals surface area (Å²) in [6.07, 6.45) is 1.67. The van der Waals surface area contributed by atoms with Gasteiger partial charge in [-0.2, -0.15) is 0 Å². The van der Waals surface area contributed by atoms with Gasteiger partial charge in [0.05, 0.1) is 5.69 Å². The van der Waals surface area contributed by atoms with Crippen LogP contribution in [0.4, 0.5) is 0 Å². The van der Waals surface area contributed by atoms with E-state index in [4.69, 9.17) is 9.47 Å². The van der Waals surface area contributed by atoms with Crippen LogP contribution < -0.4 is 10.3 Å². The number of carbonyl (C=O) groups excluding carboxylic acids is 1. The highest BCUT2D eigenvalue weighted by molar-refractivity contribution is 7.17. The van der Waals surface area contributed by atoms with Crippen LogP contribution in [-0.4, -0.2) is 15.4 Å². The summed E-state index contributed by atoms with van der Waals surface area (Å²) in [5.74, 6) is 0.390. The van der Waals surface area contributed by atoms with E-state index in [1.54, 1.807) is 11.6 Å². The van der Waals surface area contributed by atoms with Crippen molar-refractivity contribution in [2.24, 2.45) is 0 Å². The number of carbonyl (C=O) groups is 1. The van der Waals surface area contributed by atoms with Crippen LogP contribution in [0.25, 0.3) is 15.4 Å². The summed E-state index contributed by atoms with van der Waals surface area (Å²) in [6, 6.07) is 11.0. The van der Waals surface area contributed by atoms with Crippen molar-refractivity contribution in [1.29, 1.82) is 0 Å². The van der Waals surface area contributed by atoms with Crippen molar-refractivity contribution < 1.29 is 14.3 Å². The van der Waals surface area contributed by atoms with Crippen molar-refractivity contribution >= 4 is 33.6 Å². The zero-order valence-electron chi connectivity index (χ0n) is 13.9. The molecule has 0 saturated carbocycles. The quantitative estimate of drug-likeness (QED) is 0.494. The summed E-state index contributed by atoms with van der Waals surface area (Å²) in [7, 11) is 0. The molecule has 1 aromatic carbocycles. The molecular weight excluding hydrogens is 384 g/mol. The Labute approximate surface area is 161 Å². The number of rotatable bonds is 3. The van der Waals surface area contributed by atoms with Crippen molar-refractivity contribution in [1.82, 2.24) is 9.38 Å². The Balaban J connectivity index is 1.38. The Morgan fingerprint density at radius 2 is 2.19 bits per heavy atom. The van der Waals surface area contributed by atoms with Gasteiger partial charge in [-0.3, -0.25) is 9.20 Å².